The molecule has 0 amide bonds. The number of hydrogen-bond acceptors (Lipinski definition) is 5. The lowest BCUT2D eigenvalue weighted by Gasteiger charge is -2.08. The van der Waals surface area contributed by atoms with Crippen LogP contribution in [0.4, 0.5) is 5.69 Å². The van der Waals surface area contributed by atoms with Crippen LogP contribution in [0.15, 0.2) is 39.4 Å². The Morgan fingerprint density at radius 3 is 3.00 bits per heavy atom. The number of furan rings is 1. The molecule has 2 aromatic rings. The number of halogens is 1. The number of nitrogens with zero attached hydrogens (tertiary/aromatic N) is 1. The second-order valence-electron chi connectivity index (χ2n) is 3.92. The summed E-state index contributed by atoms with van der Waals surface area (Å²) in [6, 6.07) is 9.14. The molecule has 20 heavy (non-hydrogen) atoms. The molecular weight excluding hydrogens is 324 g/mol. The Morgan fingerprint density at radius 2 is 2.30 bits per heavy atom. The largest absolute Gasteiger partial charge is 0.463 e. The first kappa shape index (κ1) is 14.2. The normalized spacial score (nSPS) is 9.85. The molecule has 1 aromatic heterocycles. The summed E-state index contributed by atoms with van der Waals surface area (Å²) < 4.78 is 10.6. The van der Waals surface area contributed by atoms with E-state index in [1.165, 1.54) is 13.4 Å². The summed E-state index contributed by atoms with van der Waals surface area (Å²) in [5, 5.41) is 12.2. The number of carbonyl (C=O) groups excluding carboxylic acids is 1. The summed E-state index contributed by atoms with van der Waals surface area (Å²) in [4.78, 5) is 11.5. The Hall–Kier alpha value is -2.26. The highest BCUT2D eigenvalue weighted by atomic mass is 79.9. The molecule has 0 unspecified atom stereocenters. The number of rotatable bonds is 4. The van der Waals surface area contributed by atoms with Gasteiger partial charge in [-0.25, -0.2) is 4.79 Å². The van der Waals surface area contributed by atoms with Crippen molar-refractivity contribution >= 4 is 27.6 Å². The summed E-state index contributed by atoms with van der Waals surface area (Å²) in [5.74, 6) is -0.362. The predicted octanol–water partition coefficient (Wildman–Crippen LogP) is 3.31. The van der Waals surface area contributed by atoms with Gasteiger partial charge in [-0.05, 0) is 24.3 Å². The van der Waals surface area contributed by atoms with Crippen LogP contribution >= 0.6 is 15.9 Å². The highest BCUT2D eigenvalue weighted by molar-refractivity contribution is 9.10. The number of nitriles is 1. The number of methoxy groups -OCH3 is 1. The van der Waals surface area contributed by atoms with Gasteiger partial charge in [-0.1, -0.05) is 15.9 Å². The van der Waals surface area contributed by atoms with Crippen molar-refractivity contribution in [2.24, 2.45) is 0 Å². The number of hydrogen-bond donors (Lipinski definition) is 1. The smallest absolute Gasteiger partial charge is 0.374 e. The number of carbonyl (C=O) groups is 1. The van der Waals surface area contributed by atoms with Gasteiger partial charge in [-0.15, -0.1) is 0 Å². The van der Waals surface area contributed by atoms with Gasteiger partial charge in [0, 0.05) is 16.6 Å². The molecule has 0 fully saturated rings. The fraction of sp³-hybridized carbons (Fsp3) is 0.143. The first-order valence-corrected chi connectivity index (χ1v) is 6.53. The third-order valence-electron chi connectivity index (χ3n) is 2.69. The Morgan fingerprint density at radius 1 is 1.50 bits per heavy atom. The molecule has 1 aromatic carbocycles. The molecular formula is C14H11BrN2O3. The standard InChI is InChI=1S/C14H11BrN2O3/c1-19-14(18)13-9(4-5-20-13)8-17-12-3-2-11(15)6-10(12)7-16/h2-6,17H,8H2,1H3. The van der Waals surface area contributed by atoms with Gasteiger partial charge >= 0.3 is 5.97 Å². The fourth-order valence-corrected chi connectivity index (χ4v) is 2.06. The van der Waals surface area contributed by atoms with Gasteiger partial charge < -0.3 is 14.5 Å². The van der Waals surface area contributed by atoms with Gasteiger partial charge in [0.1, 0.15) is 6.07 Å². The quantitative estimate of drug-likeness (QED) is 0.868. The van der Waals surface area contributed by atoms with E-state index in [0.717, 1.165) is 4.47 Å². The molecule has 1 heterocycles. The van der Waals surface area contributed by atoms with Crippen molar-refractivity contribution in [3.8, 4) is 6.07 Å². The number of anilines is 1. The van der Waals surface area contributed by atoms with Crippen LogP contribution < -0.4 is 5.32 Å². The second-order valence-corrected chi connectivity index (χ2v) is 4.84. The molecule has 0 aliphatic carbocycles. The van der Waals surface area contributed by atoms with Gasteiger partial charge in [-0.3, -0.25) is 0 Å². The summed E-state index contributed by atoms with van der Waals surface area (Å²) in [6.07, 6.45) is 1.43. The van der Waals surface area contributed by atoms with Crippen molar-refractivity contribution in [2.75, 3.05) is 12.4 Å². The molecule has 0 radical (unpaired) electrons. The van der Waals surface area contributed by atoms with E-state index >= 15 is 0 Å². The maximum atomic E-state index is 11.5. The molecule has 102 valence electrons. The summed E-state index contributed by atoms with van der Waals surface area (Å²) >= 11 is 3.31. The van der Waals surface area contributed by atoms with E-state index in [4.69, 9.17) is 9.68 Å². The molecule has 5 nitrogen and oxygen atoms in total. The minimum Gasteiger partial charge on any atom is -0.463 e. The Balaban J connectivity index is 2.16. The van der Waals surface area contributed by atoms with Crippen LogP contribution in [0.3, 0.4) is 0 Å². The van der Waals surface area contributed by atoms with Crippen LogP contribution in [0.2, 0.25) is 0 Å². The van der Waals surface area contributed by atoms with Crippen LogP contribution in [0, 0.1) is 11.3 Å². The molecule has 0 saturated carbocycles. The van der Waals surface area contributed by atoms with E-state index in [0.29, 0.717) is 23.4 Å². The molecule has 0 aliphatic heterocycles. The van der Waals surface area contributed by atoms with Crippen LogP contribution in [-0.4, -0.2) is 13.1 Å². The zero-order chi connectivity index (χ0) is 14.5. The fourth-order valence-electron chi connectivity index (χ4n) is 1.70. The summed E-state index contributed by atoms with van der Waals surface area (Å²) in [7, 11) is 1.30. The van der Waals surface area contributed by atoms with Gasteiger partial charge in [-0.2, -0.15) is 5.26 Å². The average Bonchev–Trinajstić information content (AvgIpc) is 2.93. The van der Waals surface area contributed by atoms with Crippen molar-refractivity contribution in [3.05, 3.63) is 51.9 Å². The lowest BCUT2D eigenvalue weighted by Crippen LogP contribution is -2.07. The van der Waals surface area contributed by atoms with Gasteiger partial charge in [0.25, 0.3) is 0 Å². The second kappa shape index (κ2) is 6.26. The van der Waals surface area contributed by atoms with Gasteiger partial charge in [0.15, 0.2) is 0 Å². The zero-order valence-corrected chi connectivity index (χ0v) is 12.2. The molecule has 0 aliphatic rings. The van der Waals surface area contributed by atoms with E-state index < -0.39 is 5.97 Å². The van der Waals surface area contributed by atoms with Crippen LogP contribution in [0.5, 0.6) is 0 Å². The highest BCUT2D eigenvalue weighted by Gasteiger charge is 2.15. The Kier molecular flexibility index (Phi) is 4.43. The summed E-state index contributed by atoms with van der Waals surface area (Å²) in [5.41, 5.74) is 1.87. The molecule has 0 saturated heterocycles. The van der Waals surface area contributed by atoms with Crippen molar-refractivity contribution < 1.29 is 13.9 Å². The minimum absolute atomic E-state index is 0.163. The van der Waals surface area contributed by atoms with Gasteiger partial charge in [0.2, 0.25) is 5.76 Å². The number of ether oxygens (including phenoxy) is 1. The first-order valence-electron chi connectivity index (χ1n) is 5.74. The third-order valence-corrected chi connectivity index (χ3v) is 3.18. The maximum Gasteiger partial charge on any atom is 0.374 e. The number of nitrogens with one attached hydrogen (secondary N) is 1. The number of benzene rings is 1. The first-order chi connectivity index (χ1) is 9.65. The van der Waals surface area contributed by atoms with Crippen molar-refractivity contribution in [3.63, 3.8) is 0 Å². The number of esters is 1. The van der Waals surface area contributed by atoms with Crippen LogP contribution in [0.25, 0.3) is 0 Å². The topological polar surface area (TPSA) is 75.3 Å². The molecule has 0 atom stereocenters. The lowest BCUT2D eigenvalue weighted by molar-refractivity contribution is 0.0563. The van der Waals surface area contributed by atoms with E-state index in [-0.39, 0.29) is 5.76 Å². The highest BCUT2D eigenvalue weighted by Crippen LogP contribution is 2.21. The van der Waals surface area contributed by atoms with Crippen LogP contribution in [0.1, 0.15) is 21.7 Å². The van der Waals surface area contributed by atoms with Crippen LogP contribution in [-0.2, 0) is 11.3 Å². The zero-order valence-electron chi connectivity index (χ0n) is 10.6. The third kappa shape index (κ3) is 3.00. The molecule has 6 heteroatoms. The van der Waals surface area contributed by atoms with Crippen molar-refractivity contribution in [1.82, 2.24) is 0 Å². The Bertz CT molecular complexity index is 673. The SMILES string of the molecule is COC(=O)c1occc1CNc1ccc(Br)cc1C#N. The van der Waals surface area contributed by atoms with E-state index in [2.05, 4.69) is 32.1 Å². The molecule has 2 rings (SSSR count). The van der Waals surface area contributed by atoms with Crippen molar-refractivity contribution in [2.45, 2.75) is 6.54 Å². The van der Waals surface area contributed by atoms with E-state index in [1.54, 1.807) is 18.2 Å². The van der Waals surface area contributed by atoms with E-state index in [9.17, 15) is 4.79 Å². The molecule has 0 bridgehead atoms. The predicted molar refractivity (Wildman–Crippen MR) is 76.2 cm³/mol. The lowest BCUT2D eigenvalue weighted by atomic mass is 10.2. The monoisotopic (exact) mass is 334 g/mol. The Labute approximate surface area is 124 Å². The molecule has 1 N–H and O–H groups in total. The van der Waals surface area contributed by atoms with Gasteiger partial charge in [0.05, 0.1) is 24.6 Å². The molecule has 0 spiro atoms. The average molecular weight is 335 g/mol. The van der Waals surface area contributed by atoms with Crippen molar-refractivity contribution in [1.29, 1.82) is 5.26 Å². The minimum atomic E-state index is -0.525. The summed E-state index contributed by atoms with van der Waals surface area (Å²) in [6.45, 7) is 0.358. The van der Waals surface area contributed by atoms with E-state index in [1.807, 2.05) is 6.07 Å². The maximum absolute atomic E-state index is 11.5.